The highest BCUT2D eigenvalue weighted by atomic mass is 35.5. The van der Waals surface area contributed by atoms with Crippen molar-refractivity contribution < 1.29 is 9.59 Å². The Labute approximate surface area is 117 Å². The molecule has 1 aromatic carbocycles. The highest BCUT2D eigenvalue weighted by Gasteiger charge is 2.35. The average molecular weight is 281 g/mol. The second kappa shape index (κ2) is 5.61. The van der Waals surface area contributed by atoms with Gasteiger partial charge in [0.05, 0.1) is 5.92 Å². The molecule has 1 aromatic rings. The third-order valence-electron chi connectivity index (χ3n) is 3.05. The van der Waals surface area contributed by atoms with Gasteiger partial charge in [-0.1, -0.05) is 17.7 Å². The number of carbonyl (C=O) groups is 2. The maximum Gasteiger partial charge on any atom is 0.227 e. The van der Waals surface area contributed by atoms with E-state index in [2.05, 4.69) is 5.32 Å². The Kier molecular flexibility index (Phi) is 4.10. The van der Waals surface area contributed by atoms with E-state index in [9.17, 15) is 9.59 Å². The molecule has 1 fully saturated rings. The van der Waals surface area contributed by atoms with Crippen LogP contribution in [0.5, 0.6) is 0 Å². The van der Waals surface area contributed by atoms with E-state index < -0.39 is 0 Å². The number of anilines is 1. The van der Waals surface area contributed by atoms with Crippen molar-refractivity contribution >= 4 is 29.1 Å². The van der Waals surface area contributed by atoms with Crippen LogP contribution in [0.1, 0.15) is 20.3 Å². The van der Waals surface area contributed by atoms with Crippen LogP contribution in [-0.4, -0.2) is 24.4 Å². The minimum atomic E-state index is -0.283. The van der Waals surface area contributed by atoms with Crippen molar-refractivity contribution in [1.82, 2.24) is 5.32 Å². The van der Waals surface area contributed by atoms with Gasteiger partial charge in [0, 0.05) is 29.7 Å². The summed E-state index contributed by atoms with van der Waals surface area (Å²) in [5.41, 5.74) is 0.748. The summed E-state index contributed by atoms with van der Waals surface area (Å²) < 4.78 is 0. The highest BCUT2D eigenvalue weighted by Crippen LogP contribution is 2.27. The fourth-order valence-electron chi connectivity index (χ4n) is 2.18. The lowest BCUT2D eigenvalue weighted by Gasteiger charge is -2.17. The Balaban J connectivity index is 2.10. The smallest absolute Gasteiger partial charge is 0.227 e. The molecule has 19 heavy (non-hydrogen) atoms. The van der Waals surface area contributed by atoms with Crippen LogP contribution < -0.4 is 10.2 Å². The molecule has 0 spiro atoms. The molecule has 0 unspecified atom stereocenters. The summed E-state index contributed by atoms with van der Waals surface area (Å²) in [7, 11) is 0. The van der Waals surface area contributed by atoms with Crippen LogP contribution in [0.4, 0.5) is 5.69 Å². The van der Waals surface area contributed by atoms with Gasteiger partial charge in [0.15, 0.2) is 0 Å². The molecule has 5 heteroatoms. The zero-order chi connectivity index (χ0) is 14.0. The monoisotopic (exact) mass is 280 g/mol. The predicted molar refractivity (Wildman–Crippen MR) is 75.2 cm³/mol. The lowest BCUT2D eigenvalue weighted by atomic mass is 10.1. The normalized spacial score (nSPS) is 19.1. The van der Waals surface area contributed by atoms with Gasteiger partial charge >= 0.3 is 0 Å². The number of hydrogen-bond donors (Lipinski definition) is 1. The number of nitrogens with one attached hydrogen (secondary N) is 1. The number of halogens is 1. The number of amides is 2. The largest absolute Gasteiger partial charge is 0.354 e. The molecule has 0 radical (unpaired) electrons. The molecule has 0 aromatic heterocycles. The van der Waals surface area contributed by atoms with Crippen molar-refractivity contribution in [2.24, 2.45) is 5.92 Å². The Morgan fingerprint density at radius 2 is 2.21 bits per heavy atom. The molecule has 1 atom stereocenters. The van der Waals surface area contributed by atoms with E-state index in [0.29, 0.717) is 11.6 Å². The van der Waals surface area contributed by atoms with E-state index in [1.54, 1.807) is 23.1 Å². The third-order valence-corrected chi connectivity index (χ3v) is 3.28. The Hall–Kier alpha value is -1.55. The molecular weight excluding hydrogens is 264 g/mol. The molecule has 1 aliphatic rings. The zero-order valence-electron chi connectivity index (χ0n) is 11.0. The fraction of sp³-hybridized carbons (Fsp3) is 0.429. The van der Waals surface area contributed by atoms with Crippen LogP contribution in [0.25, 0.3) is 0 Å². The molecule has 2 amide bonds. The number of rotatable bonds is 3. The summed E-state index contributed by atoms with van der Waals surface area (Å²) in [5.74, 6) is -0.382. The Morgan fingerprint density at radius 3 is 2.84 bits per heavy atom. The minimum absolute atomic E-state index is 0.0360. The predicted octanol–water partition coefficient (Wildman–Crippen LogP) is 2.22. The quantitative estimate of drug-likeness (QED) is 0.923. The minimum Gasteiger partial charge on any atom is -0.354 e. The highest BCUT2D eigenvalue weighted by molar-refractivity contribution is 6.30. The maximum absolute atomic E-state index is 12.0. The average Bonchev–Trinajstić information content (AvgIpc) is 2.70. The van der Waals surface area contributed by atoms with Gasteiger partial charge in [-0.05, 0) is 32.0 Å². The standard InChI is InChI=1S/C14H17ClN2O2/c1-9(2)16-14(19)10-6-13(18)17(8-10)12-5-3-4-11(15)7-12/h3-5,7,9-10H,6,8H2,1-2H3,(H,16,19)/t10-/m0/s1. The molecule has 0 aliphatic carbocycles. The molecule has 1 N–H and O–H groups in total. The third kappa shape index (κ3) is 3.26. The van der Waals surface area contributed by atoms with Gasteiger partial charge in [0.1, 0.15) is 0 Å². The van der Waals surface area contributed by atoms with Crippen LogP contribution in [0.3, 0.4) is 0 Å². The van der Waals surface area contributed by atoms with Crippen molar-refractivity contribution in [1.29, 1.82) is 0 Å². The van der Waals surface area contributed by atoms with Gasteiger partial charge in [0.25, 0.3) is 0 Å². The first-order valence-electron chi connectivity index (χ1n) is 6.33. The summed E-state index contributed by atoms with van der Waals surface area (Å²) in [6, 6.07) is 7.21. The van der Waals surface area contributed by atoms with Crippen LogP contribution in [0.15, 0.2) is 24.3 Å². The summed E-state index contributed by atoms with van der Waals surface area (Å²) in [6.07, 6.45) is 0.255. The molecule has 102 valence electrons. The molecule has 0 bridgehead atoms. The van der Waals surface area contributed by atoms with Gasteiger partial charge in [-0.3, -0.25) is 9.59 Å². The van der Waals surface area contributed by atoms with E-state index in [4.69, 9.17) is 11.6 Å². The van der Waals surface area contributed by atoms with E-state index in [1.165, 1.54) is 0 Å². The number of carbonyl (C=O) groups excluding carboxylic acids is 2. The van der Waals surface area contributed by atoms with E-state index in [1.807, 2.05) is 19.9 Å². The fourth-order valence-corrected chi connectivity index (χ4v) is 2.36. The molecule has 4 nitrogen and oxygen atoms in total. The van der Waals surface area contributed by atoms with Crippen molar-refractivity contribution in [3.05, 3.63) is 29.3 Å². The van der Waals surface area contributed by atoms with E-state index >= 15 is 0 Å². The van der Waals surface area contributed by atoms with Crippen LogP contribution >= 0.6 is 11.6 Å². The maximum atomic E-state index is 12.0. The van der Waals surface area contributed by atoms with Crippen molar-refractivity contribution in [2.45, 2.75) is 26.3 Å². The first-order chi connectivity index (χ1) is 8.97. The van der Waals surface area contributed by atoms with Crippen molar-refractivity contribution in [2.75, 3.05) is 11.4 Å². The van der Waals surface area contributed by atoms with Gasteiger partial charge in [-0.25, -0.2) is 0 Å². The van der Waals surface area contributed by atoms with Crippen LogP contribution in [-0.2, 0) is 9.59 Å². The Bertz CT molecular complexity index is 502. The van der Waals surface area contributed by atoms with Gasteiger partial charge in [-0.2, -0.15) is 0 Å². The Morgan fingerprint density at radius 1 is 1.47 bits per heavy atom. The SMILES string of the molecule is CC(C)NC(=O)[C@H]1CC(=O)N(c2cccc(Cl)c2)C1. The molecule has 1 saturated heterocycles. The van der Waals surface area contributed by atoms with Gasteiger partial charge in [0.2, 0.25) is 11.8 Å². The van der Waals surface area contributed by atoms with E-state index in [-0.39, 0.29) is 30.2 Å². The first-order valence-corrected chi connectivity index (χ1v) is 6.71. The summed E-state index contributed by atoms with van der Waals surface area (Å²) in [6.45, 7) is 4.23. The summed E-state index contributed by atoms with van der Waals surface area (Å²) >= 11 is 5.92. The number of benzene rings is 1. The molecular formula is C14H17ClN2O2. The van der Waals surface area contributed by atoms with Crippen molar-refractivity contribution in [3.63, 3.8) is 0 Å². The topological polar surface area (TPSA) is 49.4 Å². The lowest BCUT2D eigenvalue weighted by Crippen LogP contribution is -2.36. The summed E-state index contributed by atoms with van der Waals surface area (Å²) in [5, 5.41) is 3.43. The zero-order valence-corrected chi connectivity index (χ0v) is 11.8. The molecule has 2 rings (SSSR count). The first kappa shape index (κ1) is 13.9. The van der Waals surface area contributed by atoms with Crippen molar-refractivity contribution in [3.8, 4) is 0 Å². The molecule has 0 saturated carbocycles. The van der Waals surface area contributed by atoms with Crippen LogP contribution in [0.2, 0.25) is 5.02 Å². The van der Waals surface area contributed by atoms with Crippen LogP contribution in [0, 0.1) is 5.92 Å². The molecule has 1 heterocycles. The lowest BCUT2D eigenvalue weighted by molar-refractivity contribution is -0.126. The number of hydrogen-bond acceptors (Lipinski definition) is 2. The number of nitrogens with zero attached hydrogens (tertiary/aromatic N) is 1. The molecule has 1 aliphatic heterocycles. The second-order valence-corrected chi connectivity index (χ2v) is 5.48. The van der Waals surface area contributed by atoms with E-state index in [0.717, 1.165) is 5.69 Å². The second-order valence-electron chi connectivity index (χ2n) is 5.05. The van der Waals surface area contributed by atoms with Gasteiger partial charge in [-0.15, -0.1) is 0 Å². The summed E-state index contributed by atoms with van der Waals surface area (Å²) in [4.78, 5) is 25.5. The van der Waals surface area contributed by atoms with Gasteiger partial charge < -0.3 is 10.2 Å².